The minimum absolute atomic E-state index is 0.600. The highest BCUT2D eigenvalue weighted by atomic mass is 79.9. The van der Waals surface area contributed by atoms with Crippen molar-refractivity contribution < 1.29 is 0 Å². The average Bonchev–Trinajstić information content (AvgIpc) is 2.53. The Morgan fingerprint density at radius 2 is 2.08 bits per heavy atom. The zero-order valence-corrected chi connectivity index (χ0v) is 10.1. The van der Waals surface area contributed by atoms with Gasteiger partial charge >= 0.3 is 0 Å². The zero-order valence-electron chi connectivity index (χ0n) is 8.53. The van der Waals surface area contributed by atoms with Crippen LogP contribution in [0.2, 0.25) is 0 Å². The molecule has 0 saturated heterocycles. The molecule has 1 nitrogen and oxygen atoms in total. The van der Waals surface area contributed by atoms with Crippen molar-refractivity contribution in [3.8, 4) is 0 Å². The maximum Gasteiger partial charge on any atom is 0.0265 e. The fourth-order valence-electron chi connectivity index (χ4n) is 2.24. The summed E-state index contributed by atoms with van der Waals surface area (Å²) >= 11 is 3.37. The fraction of sp³-hybridized carbons (Fsp3) is 0.818. The van der Waals surface area contributed by atoms with Gasteiger partial charge in [-0.1, -0.05) is 42.3 Å². The smallest absolute Gasteiger partial charge is 0.0265 e. The molecule has 0 atom stereocenters. The first-order chi connectivity index (χ1) is 6.18. The van der Waals surface area contributed by atoms with Crippen molar-refractivity contribution in [2.75, 3.05) is 13.1 Å². The van der Waals surface area contributed by atoms with Crippen LogP contribution in [-0.4, -0.2) is 13.1 Å². The second-order valence-corrected chi connectivity index (χ2v) is 5.30. The Bertz CT molecular complexity index is 171. The molecule has 1 saturated carbocycles. The van der Waals surface area contributed by atoms with Crippen molar-refractivity contribution >= 4 is 15.9 Å². The maximum absolute atomic E-state index is 3.82. The van der Waals surface area contributed by atoms with E-state index in [1.807, 2.05) is 0 Å². The van der Waals surface area contributed by atoms with Crippen LogP contribution < -0.4 is 5.32 Å². The summed E-state index contributed by atoms with van der Waals surface area (Å²) in [6.07, 6.45) is 6.97. The molecule has 1 aliphatic carbocycles. The third kappa shape index (κ3) is 3.43. The first-order valence-electron chi connectivity index (χ1n) is 5.22. The topological polar surface area (TPSA) is 12.0 Å². The lowest BCUT2D eigenvalue weighted by molar-refractivity contribution is 0.273. The van der Waals surface area contributed by atoms with E-state index >= 15 is 0 Å². The van der Waals surface area contributed by atoms with Crippen molar-refractivity contribution in [3.05, 3.63) is 11.1 Å². The van der Waals surface area contributed by atoms with E-state index < -0.39 is 0 Å². The molecule has 1 rings (SSSR count). The molecular weight excluding hydrogens is 226 g/mol. The quantitative estimate of drug-likeness (QED) is 0.783. The monoisotopic (exact) mass is 245 g/mol. The summed E-state index contributed by atoms with van der Waals surface area (Å²) in [5, 5.41) is 3.47. The van der Waals surface area contributed by atoms with E-state index in [0.717, 1.165) is 17.6 Å². The lowest BCUT2D eigenvalue weighted by Gasteiger charge is -2.27. The highest BCUT2D eigenvalue weighted by molar-refractivity contribution is 9.11. The van der Waals surface area contributed by atoms with E-state index in [2.05, 4.69) is 34.7 Å². The predicted molar refractivity (Wildman–Crippen MR) is 62.1 cm³/mol. The molecule has 0 aromatic heterocycles. The molecule has 0 unspecified atom stereocenters. The van der Waals surface area contributed by atoms with E-state index in [9.17, 15) is 0 Å². The van der Waals surface area contributed by atoms with Gasteiger partial charge in [0.2, 0.25) is 0 Å². The van der Waals surface area contributed by atoms with Gasteiger partial charge in [0.1, 0.15) is 0 Å². The van der Waals surface area contributed by atoms with Crippen LogP contribution in [0.15, 0.2) is 11.1 Å². The molecule has 0 radical (unpaired) electrons. The number of hydrogen-bond acceptors (Lipinski definition) is 1. The van der Waals surface area contributed by atoms with Crippen LogP contribution in [0.1, 0.15) is 39.0 Å². The van der Waals surface area contributed by atoms with Gasteiger partial charge in [-0.15, -0.1) is 0 Å². The molecule has 2 heteroatoms. The molecule has 0 heterocycles. The van der Waals surface area contributed by atoms with E-state index in [-0.39, 0.29) is 0 Å². The van der Waals surface area contributed by atoms with Gasteiger partial charge in [-0.2, -0.15) is 0 Å². The molecule has 1 fully saturated rings. The molecule has 76 valence electrons. The van der Waals surface area contributed by atoms with Crippen LogP contribution in [0.25, 0.3) is 0 Å². The minimum atomic E-state index is 0.600. The predicted octanol–water partition coefficient (Wildman–Crippen LogP) is 3.46. The van der Waals surface area contributed by atoms with Crippen LogP contribution in [0.5, 0.6) is 0 Å². The van der Waals surface area contributed by atoms with Crippen molar-refractivity contribution in [2.24, 2.45) is 5.41 Å². The minimum Gasteiger partial charge on any atom is -0.312 e. The third-order valence-electron chi connectivity index (χ3n) is 3.23. The number of hydrogen-bond donors (Lipinski definition) is 1. The summed E-state index contributed by atoms with van der Waals surface area (Å²) in [4.78, 5) is 0. The van der Waals surface area contributed by atoms with Crippen molar-refractivity contribution in [1.29, 1.82) is 0 Å². The zero-order chi connectivity index (χ0) is 9.73. The van der Waals surface area contributed by atoms with E-state index in [4.69, 9.17) is 0 Å². The third-order valence-corrected chi connectivity index (χ3v) is 3.51. The number of rotatable bonds is 5. The van der Waals surface area contributed by atoms with Gasteiger partial charge < -0.3 is 5.32 Å². The van der Waals surface area contributed by atoms with E-state index in [0.29, 0.717) is 5.41 Å². The standard InChI is InChI=1S/C11H20BrN/c1-3-11(6-4-5-7-11)9-13-8-10(2)12/h13H,2-9H2,1H3. The first-order valence-corrected chi connectivity index (χ1v) is 6.02. The fourth-order valence-corrected chi connectivity index (χ4v) is 2.44. The lowest BCUT2D eigenvalue weighted by atomic mass is 9.83. The number of halogens is 1. The summed E-state index contributed by atoms with van der Waals surface area (Å²) in [7, 11) is 0. The Labute approximate surface area is 90.1 Å². The molecule has 0 aromatic rings. The Morgan fingerprint density at radius 1 is 1.46 bits per heavy atom. The highest BCUT2D eigenvalue weighted by Gasteiger charge is 2.31. The van der Waals surface area contributed by atoms with Gasteiger partial charge in [0.15, 0.2) is 0 Å². The number of nitrogens with one attached hydrogen (secondary N) is 1. The largest absolute Gasteiger partial charge is 0.312 e. The SMILES string of the molecule is C=C(Br)CNCC1(CC)CCCC1. The molecule has 1 aliphatic rings. The summed E-state index contributed by atoms with van der Waals surface area (Å²) < 4.78 is 1.05. The molecular formula is C11H20BrN. The second-order valence-electron chi connectivity index (χ2n) is 4.18. The van der Waals surface area contributed by atoms with Crippen molar-refractivity contribution in [2.45, 2.75) is 39.0 Å². The lowest BCUT2D eigenvalue weighted by Crippen LogP contribution is -2.32. The molecule has 0 bridgehead atoms. The normalized spacial score (nSPS) is 20.5. The Hall–Kier alpha value is 0.180. The van der Waals surface area contributed by atoms with Crippen LogP contribution >= 0.6 is 15.9 Å². The molecule has 13 heavy (non-hydrogen) atoms. The van der Waals surface area contributed by atoms with Gasteiger partial charge in [-0.25, -0.2) is 0 Å². The van der Waals surface area contributed by atoms with Gasteiger partial charge in [-0.3, -0.25) is 0 Å². The summed E-state index contributed by atoms with van der Waals surface area (Å²) in [5.74, 6) is 0. The van der Waals surface area contributed by atoms with Crippen molar-refractivity contribution in [1.82, 2.24) is 5.32 Å². The highest BCUT2D eigenvalue weighted by Crippen LogP contribution is 2.40. The van der Waals surface area contributed by atoms with Crippen molar-refractivity contribution in [3.63, 3.8) is 0 Å². The summed E-state index contributed by atoms with van der Waals surface area (Å²) in [6.45, 7) is 8.20. The van der Waals surface area contributed by atoms with Crippen LogP contribution in [0, 0.1) is 5.41 Å². The Kier molecular flexibility index (Phi) is 4.47. The van der Waals surface area contributed by atoms with Gasteiger partial charge in [-0.05, 0) is 24.7 Å². The van der Waals surface area contributed by atoms with Crippen LogP contribution in [-0.2, 0) is 0 Å². The van der Waals surface area contributed by atoms with Gasteiger partial charge in [0.05, 0.1) is 0 Å². The van der Waals surface area contributed by atoms with E-state index in [1.165, 1.54) is 32.1 Å². The Balaban J connectivity index is 2.27. The van der Waals surface area contributed by atoms with Gasteiger partial charge in [0.25, 0.3) is 0 Å². The summed E-state index contributed by atoms with van der Waals surface area (Å²) in [6, 6.07) is 0. The maximum atomic E-state index is 3.82. The second kappa shape index (κ2) is 5.16. The van der Waals surface area contributed by atoms with Crippen LogP contribution in [0.4, 0.5) is 0 Å². The Morgan fingerprint density at radius 3 is 2.54 bits per heavy atom. The molecule has 1 N–H and O–H groups in total. The molecule has 0 aliphatic heterocycles. The first kappa shape index (κ1) is 11.3. The molecule has 0 aromatic carbocycles. The van der Waals surface area contributed by atoms with Crippen LogP contribution in [0.3, 0.4) is 0 Å². The summed E-state index contributed by atoms with van der Waals surface area (Å²) in [5.41, 5.74) is 0.600. The van der Waals surface area contributed by atoms with Gasteiger partial charge in [0, 0.05) is 17.6 Å². The van der Waals surface area contributed by atoms with E-state index in [1.54, 1.807) is 0 Å². The molecule has 0 spiro atoms. The average molecular weight is 246 g/mol. The molecule has 0 amide bonds.